The highest BCUT2D eigenvalue weighted by Gasteiger charge is 2.20. The summed E-state index contributed by atoms with van der Waals surface area (Å²) in [6, 6.07) is 0. The van der Waals surface area contributed by atoms with Gasteiger partial charge < -0.3 is 9.47 Å². The summed E-state index contributed by atoms with van der Waals surface area (Å²) < 4.78 is 10.5. The first-order valence-electron chi connectivity index (χ1n) is 6.36. The van der Waals surface area contributed by atoms with Gasteiger partial charge in [-0.2, -0.15) is 0 Å². The Labute approximate surface area is 99.5 Å². The maximum Gasteiger partial charge on any atom is 0.311 e. The number of ether oxygens (including phenoxy) is 2. The van der Waals surface area contributed by atoms with Gasteiger partial charge in [-0.1, -0.05) is 27.2 Å². The van der Waals surface area contributed by atoms with Crippen LogP contribution >= 0.6 is 0 Å². The zero-order chi connectivity index (χ0) is 12.4. The lowest BCUT2D eigenvalue weighted by Crippen LogP contribution is -2.23. The van der Waals surface area contributed by atoms with E-state index < -0.39 is 0 Å². The van der Waals surface area contributed by atoms with Crippen molar-refractivity contribution in [1.29, 1.82) is 0 Å². The molecule has 0 N–H and O–H groups in total. The molecule has 1 atom stereocenters. The van der Waals surface area contributed by atoms with Crippen LogP contribution in [-0.4, -0.2) is 25.8 Å². The highest BCUT2D eigenvalue weighted by molar-refractivity contribution is 5.72. The van der Waals surface area contributed by atoms with Crippen LogP contribution in [0.2, 0.25) is 0 Å². The minimum atomic E-state index is -0.101. The SMILES string of the molecule is CCCOC(=O)C(CCC(C)C)COCC. The lowest BCUT2D eigenvalue weighted by atomic mass is 9.98. The number of hydrogen-bond donors (Lipinski definition) is 0. The maximum atomic E-state index is 11.7. The third kappa shape index (κ3) is 7.69. The van der Waals surface area contributed by atoms with Crippen molar-refractivity contribution in [2.45, 2.75) is 47.0 Å². The smallest absolute Gasteiger partial charge is 0.311 e. The van der Waals surface area contributed by atoms with E-state index >= 15 is 0 Å². The van der Waals surface area contributed by atoms with Crippen LogP contribution in [0.5, 0.6) is 0 Å². The second-order valence-electron chi connectivity index (χ2n) is 4.50. The highest BCUT2D eigenvalue weighted by Crippen LogP contribution is 2.14. The Morgan fingerprint density at radius 1 is 1.19 bits per heavy atom. The summed E-state index contributed by atoms with van der Waals surface area (Å²) in [5.74, 6) is 0.424. The molecule has 0 rings (SSSR count). The van der Waals surface area contributed by atoms with Crippen LogP contribution < -0.4 is 0 Å². The number of carbonyl (C=O) groups excluding carboxylic acids is 1. The number of carbonyl (C=O) groups is 1. The molecule has 0 aliphatic heterocycles. The average molecular weight is 230 g/mol. The second-order valence-corrected chi connectivity index (χ2v) is 4.50. The third-order valence-electron chi connectivity index (χ3n) is 2.40. The Morgan fingerprint density at radius 2 is 1.88 bits per heavy atom. The Bertz CT molecular complexity index is 178. The molecule has 0 aromatic rings. The lowest BCUT2D eigenvalue weighted by molar-refractivity contribution is -0.151. The topological polar surface area (TPSA) is 35.5 Å². The van der Waals surface area contributed by atoms with Gasteiger partial charge in [-0.25, -0.2) is 0 Å². The van der Waals surface area contributed by atoms with Crippen LogP contribution in [0.1, 0.15) is 47.0 Å². The first-order chi connectivity index (χ1) is 7.61. The quantitative estimate of drug-likeness (QED) is 0.571. The van der Waals surface area contributed by atoms with E-state index in [1.54, 1.807) is 0 Å². The van der Waals surface area contributed by atoms with Crippen LogP contribution in [0.3, 0.4) is 0 Å². The predicted octanol–water partition coefficient (Wildman–Crippen LogP) is 3.03. The zero-order valence-electron chi connectivity index (χ0n) is 11.1. The largest absolute Gasteiger partial charge is 0.465 e. The second kappa shape index (κ2) is 9.64. The first kappa shape index (κ1) is 15.4. The number of hydrogen-bond acceptors (Lipinski definition) is 3. The van der Waals surface area contributed by atoms with Crippen LogP contribution in [0.25, 0.3) is 0 Å². The zero-order valence-corrected chi connectivity index (χ0v) is 11.1. The molecule has 3 nitrogen and oxygen atoms in total. The van der Waals surface area contributed by atoms with Crippen LogP contribution in [-0.2, 0) is 14.3 Å². The van der Waals surface area contributed by atoms with Crippen molar-refractivity contribution >= 4 is 5.97 Å². The Kier molecular flexibility index (Phi) is 9.30. The van der Waals surface area contributed by atoms with Gasteiger partial charge in [0.25, 0.3) is 0 Å². The van der Waals surface area contributed by atoms with E-state index in [9.17, 15) is 4.79 Å². The molecule has 0 saturated heterocycles. The Hall–Kier alpha value is -0.570. The van der Waals surface area contributed by atoms with Crippen molar-refractivity contribution < 1.29 is 14.3 Å². The van der Waals surface area contributed by atoms with Crippen LogP contribution in [0, 0.1) is 11.8 Å². The van der Waals surface area contributed by atoms with Gasteiger partial charge in [0.2, 0.25) is 0 Å². The van der Waals surface area contributed by atoms with Crippen molar-refractivity contribution in [3.05, 3.63) is 0 Å². The van der Waals surface area contributed by atoms with E-state index in [-0.39, 0.29) is 11.9 Å². The molecular weight excluding hydrogens is 204 g/mol. The van der Waals surface area contributed by atoms with E-state index in [0.29, 0.717) is 25.7 Å². The van der Waals surface area contributed by atoms with Gasteiger partial charge in [0.05, 0.1) is 19.1 Å². The summed E-state index contributed by atoms with van der Waals surface area (Å²) in [5, 5.41) is 0. The van der Waals surface area contributed by atoms with Crippen molar-refractivity contribution in [1.82, 2.24) is 0 Å². The highest BCUT2D eigenvalue weighted by atomic mass is 16.5. The summed E-state index contributed by atoms with van der Waals surface area (Å²) in [6.07, 6.45) is 2.77. The van der Waals surface area contributed by atoms with E-state index in [0.717, 1.165) is 19.3 Å². The molecule has 96 valence electrons. The first-order valence-corrected chi connectivity index (χ1v) is 6.36. The molecule has 16 heavy (non-hydrogen) atoms. The van der Waals surface area contributed by atoms with Gasteiger partial charge in [0.1, 0.15) is 0 Å². The van der Waals surface area contributed by atoms with Gasteiger partial charge in [0.15, 0.2) is 0 Å². The Morgan fingerprint density at radius 3 is 2.38 bits per heavy atom. The fourth-order valence-electron chi connectivity index (χ4n) is 1.38. The fourth-order valence-corrected chi connectivity index (χ4v) is 1.38. The van der Waals surface area contributed by atoms with Crippen molar-refractivity contribution in [2.75, 3.05) is 19.8 Å². The number of rotatable bonds is 9. The number of esters is 1. The normalized spacial score (nSPS) is 12.8. The minimum Gasteiger partial charge on any atom is -0.465 e. The summed E-state index contributed by atoms with van der Waals surface area (Å²) in [4.78, 5) is 11.7. The van der Waals surface area contributed by atoms with Gasteiger partial charge >= 0.3 is 5.97 Å². The predicted molar refractivity (Wildman–Crippen MR) is 65.3 cm³/mol. The van der Waals surface area contributed by atoms with Gasteiger partial charge in [-0.05, 0) is 25.7 Å². The van der Waals surface area contributed by atoms with Gasteiger partial charge in [-0.15, -0.1) is 0 Å². The van der Waals surface area contributed by atoms with Gasteiger partial charge in [-0.3, -0.25) is 4.79 Å². The molecule has 1 unspecified atom stereocenters. The molecule has 0 aliphatic carbocycles. The molecule has 0 aliphatic rings. The molecule has 0 aromatic heterocycles. The van der Waals surface area contributed by atoms with E-state index in [1.807, 2.05) is 13.8 Å². The molecular formula is C13H26O3. The fraction of sp³-hybridized carbons (Fsp3) is 0.923. The summed E-state index contributed by atoms with van der Waals surface area (Å²) in [5.41, 5.74) is 0. The van der Waals surface area contributed by atoms with E-state index in [2.05, 4.69) is 13.8 Å². The third-order valence-corrected chi connectivity index (χ3v) is 2.40. The molecule has 0 amide bonds. The molecule has 0 bridgehead atoms. The lowest BCUT2D eigenvalue weighted by Gasteiger charge is -2.16. The molecule has 3 heteroatoms. The van der Waals surface area contributed by atoms with Crippen molar-refractivity contribution in [3.8, 4) is 0 Å². The monoisotopic (exact) mass is 230 g/mol. The Balaban J connectivity index is 4.01. The summed E-state index contributed by atoms with van der Waals surface area (Å²) >= 11 is 0. The molecule has 0 radical (unpaired) electrons. The molecule has 0 saturated carbocycles. The van der Waals surface area contributed by atoms with Crippen LogP contribution in [0.15, 0.2) is 0 Å². The average Bonchev–Trinajstić information content (AvgIpc) is 2.25. The molecule has 0 spiro atoms. The maximum absolute atomic E-state index is 11.7. The van der Waals surface area contributed by atoms with Crippen molar-refractivity contribution in [2.24, 2.45) is 11.8 Å². The minimum absolute atomic E-state index is 0.0890. The summed E-state index contributed by atoms with van der Waals surface area (Å²) in [7, 11) is 0. The van der Waals surface area contributed by atoms with Gasteiger partial charge in [0, 0.05) is 6.61 Å². The standard InChI is InChI=1S/C13H26O3/c1-5-9-16-13(14)12(10-15-6-2)8-7-11(3)4/h11-12H,5-10H2,1-4H3. The molecule has 0 fully saturated rings. The molecule has 0 heterocycles. The van der Waals surface area contributed by atoms with E-state index in [1.165, 1.54) is 0 Å². The van der Waals surface area contributed by atoms with Crippen molar-refractivity contribution in [3.63, 3.8) is 0 Å². The van der Waals surface area contributed by atoms with E-state index in [4.69, 9.17) is 9.47 Å². The van der Waals surface area contributed by atoms with Crippen LogP contribution in [0.4, 0.5) is 0 Å². The molecule has 0 aromatic carbocycles. The summed E-state index contributed by atoms with van der Waals surface area (Å²) in [6.45, 7) is 9.92.